The van der Waals surface area contributed by atoms with Gasteiger partial charge >= 0.3 is 6.18 Å². The maximum atomic E-state index is 13.1. The second kappa shape index (κ2) is 9.48. The predicted molar refractivity (Wildman–Crippen MR) is 127 cm³/mol. The van der Waals surface area contributed by atoms with Crippen LogP contribution in [0.25, 0.3) is 33.8 Å². The number of hydrogen-bond donors (Lipinski definition) is 0. The van der Waals surface area contributed by atoms with Crippen molar-refractivity contribution in [3.8, 4) is 34.5 Å². The van der Waals surface area contributed by atoms with E-state index in [-0.39, 0.29) is 17.6 Å². The van der Waals surface area contributed by atoms with Crippen LogP contribution in [-0.2, 0) is 19.3 Å². The third-order valence-electron chi connectivity index (χ3n) is 5.72. The minimum absolute atomic E-state index is 0.260. The van der Waals surface area contributed by atoms with Crippen LogP contribution in [0.3, 0.4) is 0 Å². The lowest BCUT2D eigenvalue weighted by Gasteiger charge is -2.10. The van der Waals surface area contributed by atoms with Gasteiger partial charge in [0.05, 0.1) is 32.3 Å². The molecular weight excluding hydrogens is 489 g/mol. The topological polar surface area (TPSA) is 106 Å². The first-order chi connectivity index (χ1) is 17.8. The van der Waals surface area contributed by atoms with E-state index >= 15 is 0 Å². The molecule has 0 aliphatic carbocycles. The summed E-state index contributed by atoms with van der Waals surface area (Å²) < 4.78 is 53.3. The Morgan fingerprint density at radius 1 is 0.919 bits per heavy atom. The standard InChI is InChI=1S/C24H21F3N8O2/c1-4-34-12-17(24(25,26)27)32-20(34)15-7-5-14(6-8-15)11-35-21-16(10-31-35)9-28-19(33-21)18-22(36-2)29-13-30-23(18)37-3/h5-10,12-13H,4,11H2,1-3H3. The fourth-order valence-corrected chi connectivity index (χ4v) is 3.91. The van der Waals surface area contributed by atoms with Gasteiger partial charge in [-0.25, -0.2) is 29.6 Å². The van der Waals surface area contributed by atoms with Gasteiger partial charge in [0.15, 0.2) is 17.2 Å². The summed E-state index contributed by atoms with van der Waals surface area (Å²) in [4.78, 5) is 21.1. The highest BCUT2D eigenvalue weighted by Gasteiger charge is 2.34. The SMILES string of the molecule is CCn1cc(C(F)(F)F)nc1-c1ccc(Cn2ncc3cnc(-c4c(OC)ncnc4OC)nc32)cc1. The van der Waals surface area contributed by atoms with Crippen molar-refractivity contribution in [2.75, 3.05) is 14.2 Å². The molecule has 0 atom stereocenters. The number of halogens is 3. The summed E-state index contributed by atoms with van der Waals surface area (Å²) in [6.07, 6.45) is 1.14. The molecule has 13 heteroatoms. The molecule has 5 aromatic rings. The average molecular weight is 510 g/mol. The molecule has 0 unspecified atom stereocenters. The van der Waals surface area contributed by atoms with Crippen LogP contribution in [0.15, 0.2) is 49.2 Å². The van der Waals surface area contributed by atoms with Gasteiger partial charge in [-0.3, -0.25) is 0 Å². The van der Waals surface area contributed by atoms with Crippen molar-refractivity contribution in [1.82, 2.24) is 39.3 Å². The Hall–Kier alpha value is -4.55. The van der Waals surface area contributed by atoms with E-state index in [2.05, 4.69) is 30.0 Å². The van der Waals surface area contributed by atoms with E-state index in [1.807, 2.05) is 12.1 Å². The monoisotopic (exact) mass is 510 g/mol. The second-order valence-corrected chi connectivity index (χ2v) is 7.97. The van der Waals surface area contributed by atoms with Crippen LogP contribution in [0.4, 0.5) is 13.2 Å². The summed E-state index contributed by atoms with van der Waals surface area (Å²) in [5.41, 5.74) is 1.52. The Balaban J connectivity index is 1.46. The Bertz CT molecular complexity index is 1540. The van der Waals surface area contributed by atoms with Gasteiger partial charge in [-0.1, -0.05) is 24.3 Å². The van der Waals surface area contributed by atoms with Gasteiger partial charge in [-0.05, 0) is 12.5 Å². The quantitative estimate of drug-likeness (QED) is 0.320. The molecule has 0 amide bonds. The van der Waals surface area contributed by atoms with Gasteiger partial charge in [0.2, 0.25) is 11.8 Å². The van der Waals surface area contributed by atoms with E-state index in [0.717, 1.165) is 17.1 Å². The van der Waals surface area contributed by atoms with Crippen LogP contribution in [0.2, 0.25) is 0 Å². The van der Waals surface area contributed by atoms with E-state index in [1.165, 1.54) is 25.1 Å². The summed E-state index contributed by atoms with van der Waals surface area (Å²) in [5.74, 6) is 1.11. The third-order valence-corrected chi connectivity index (χ3v) is 5.72. The lowest BCUT2D eigenvalue weighted by molar-refractivity contribution is -0.140. The van der Waals surface area contributed by atoms with Crippen molar-refractivity contribution in [2.45, 2.75) is 26.2 Å². The molecule has 4 aromatic heterocycles. The van der Waals surface area contributed by atoms with Crippen LogP contribution >= 0.6 is 0 Å². The van der Waals surface area contributed by atoms with Crippen LogP contribution in [0.1, 0.15) is 18.2 Å². The largest absolute Gasteiger partial charge is 0.480 e. The normalized spacial score (nSPS) is 11.7. The molecule has 1 aromatic carbocycles. The zero-order valence-electron chi connectivity index (χ0n) is 20.1. The Kier molecular flexibility index (Phi) is 6.19. The number of ether oxygens (including phenoxy) is 2. The van der Waals surface area contributed by atoms with Gasteiger partial charge in [0.25, 0.3) is 0 Å². The Morgan fingerprint density at radius 3 is 2.24 bits per heavy atom. The summed E-state index contributed by atoms with van der Waals surface area (Å²) in [5, 5.41) is 5.15. The highest BCUT2D eigenvalue weighted by atomic mass is 19.4. The van der Waals surface area contributed by atoms with Crippen molar-refractivity contribution in [1.29, 1.82) is 0 Å². The molecular formula is C24H21F3N8O2. The second-order valence-electron chi connectivity index (χ2n) is 7.97. The van der Waals surface area contributed by atoms with Gasteiger partial charge in [-0.2, -0.15) is 18.3 Å². The van der Waals surface area contributed by atoms with Gasteiger partial charge in [0, 0.05) is 24.5 Å². The first kappa shape index (κ1) is 24.2. The number of fused-ring (bicyclic) bond motifs is 1. The first-order valence-electron chi connectivity index (χ1n) is 11.2. The van der Waals surface area contributed by atoms with E-state index in [9.17, 15) is 13.2 Å². The van der Waals surface area contributed by atoms with Gasteiger partial charge in [0.1, 0.15) is 17.7 Å². The minimum Gasteiger partial charge on any atom is -0.480 e. The fraction of sp³-hybridized carbons (Fsp3) is 0.250. The molecule has 0 spiro atoms. The molecule has 0 radical (unpaired) electrons. The van der Waals surface area contributed by atoms with Crippen molar-refractivity contribution < 1.29 is 22.6 Å². The first-order valence-corrected chi connectivity index (χ1v) is 11.2. The molecule has 37 heavy (non-hydrogen) atoms. The number of benzene rings is 1. The molecule has 0 saturated heterocycles. The van der Waals surface area contributed by atoms with Crippen molar-refractivity contribution >= 4 is 11.0 Å². The number of hydrogen-bond acceptors (Lipinski definition) is 8. The number of imidazole rings is 1. The van der Waals surface area contributed by atoms with E-state index < -0.39 is 11.9 Å². The van der Waals surface area contributed by atoms with E-state index in [4.69, 9.17) is 9.47 Å². The summed E-state index contributed by atoms with van der Waals surface area (Å²) >= 11 is 0. The fourth-order valence-electron chi connectivity index (χ4n) is 3.91. The zero-order chi connectivity index (χ0) is 26.2. The predicted octanol–water partition coefficient (Wildman–Crippen LogP) is 4.25. The maximum absolute atomic E-state index is 13.1. The number of aromatic nitrogens is 8. The summed E-state index contributed by atoms with van der Waals surface area (Å²) in [6.45, 7) is 2.50. The molecule has 0 aliphatic rings. The number of alkyl halides is 3. The lowest BCUT2D eigenvalue weighted by atomic mass is 10.1. The number of rotatable bonds is 7. The van der Waals surface area contributed by atoms with E-state index in [1.54, 1.807) is 36.1 Å². The highest BCUT2D eigenvalue weighted by molar-refractivity contribution is 5.78. The van der Waals surface area contributed by atoms with Crippen LogP contribution in [-0.4, -0.2) is 53.5 Å². The van der Waals surface area contributed by atoms with E-state index in [0.29, 0.717) is 35.7 Å². The molecule has 0 fully saturated rings. The molecule has 0 saturated carbocycles. The van der Waals surface area contributed by atoms with Crippen molar-refractivity contribution in [3.05, 3.63) is 60.4 Å². The van der Waals surface area contributed by atoms with Crippen molar-refractivity contribution in [3.63, 3.8) is 0 Å². The van der Waals surface area contributed by atoms with Crippen LogP contribution in [0.5, 0.6) is 11.8 Å². The average Bonchev–Trinajstić information content (AvgIpc) is 3.53. The Morgan fingerprint density at radius 2 is 1.62 bits per heavy atom. The van der Waals surface area contributed by atoms with Crippen LogP contribution in [0, 0.1) is 0 Å². The molecule has 0 N–H and O–H groups in total. The van der Waals surface area contributed by atoms with Gasteiger partial charge < -0.3 is 14.0 Å². The smallest absolute Gasteiger partial charge is 0.434 e. The number of methoxy groups -OCH3 is 2. The minimum atomic E-state index is -4.50. The maximum Gasteiger partial charge on any atom is 0.434 e. The van der Waals surface area contributed by atoms with Gasteiger partial charge in [-0.15, -0.1) is 0 Å². The molecule has 4 heterocycles. The number of nitrogens with zero attached hydrogens (tertiary/aromatic N) is 8. The third kappa shape index (κ3) is 4.55. The molecule has 190 valence electrons. The molecule has 10 nitrogen and oxygen atoms in total. The molecule has 5 rings (SSSR count). The highest BCUT2D eigenvalue weighted by Crippen LogP contribution is 2.33. The number of aryl methyl sites for hydroxylation is 1. The molecule has 0 aliphatic heterocycles. The Labute approximate surface area is 208 Å². The summed E-state index contributed by atoms with van der Waals surface area (Å²) in [7, 11) is 2.96. The van der Waals surface area contributed by atoms with Crippen molar-refractivity contribution in [2.24, 2.45) is 0 Å². The summed E-state index contributed by atoms with van der Waals surface area (Å²) in [6, 6.07) is 7.13. The zero-order valence-corrected chi connectivity index (χ0v) is 20.1. The van der Waals surface area contributed by atoms with Crippen LogP contribution < -0.4 is 9.47 Å². The molecule has 0 bridgehead atoms. The lowest BCUT2D eigenvalue weighted by Crippen LogP contribution is -2.05.